The largest absolute Gasteiger partial charge is 0.444 e. The van der Waals surface area contributed by atoms with Gasteiger partial charge in [0, 0.05) is 47.9 Å². The molecule has 33 heavy (non-hydrogen) atoms. The normalized spacial score (nSPS) is 17.3. The van der Waals surface area contributed by atoms with E-state index in [0.29, 0.717) is 37.3 Å². The lowest BCUT2D eigenvalue weighted by Crippen LogP contribution is -2.37. The van der Waals surface area contributed by atoms with Gasteiger partial charge in [-0.3, -0.25) is 4.98 Å². The minimum absolute atomic E-state index is 0.0456. The molecule has 1 fully saturated rings. The van der Waals surface area contributed by atoms with E-state index in [4.69, 9.17) is 16.3 Å². The van der Waals surface area contributed by atoms with Crippen molar-refractivity contribution in [3.8, 4) is 0 Å². The first kappa shape index (κ1) is 27.3. The molecule has 0 spiro atoms. The van der Waals surface area contributed by atoms with Crippen molar-refractivity contribution in [1.82, 2.24) is 9.88 Å². The number of halogens is 3. The van der Waals surface area contributed by atoms with Crippen molar-refractivity contribution < 1.29 is 18.3 Å². The van der Waals surface area contributed by atoms with Crippen molar-refractivity contribution in [2.24, 2.45) is 5.92 Å². The smallest absolute Gasteiger partial charge is 0.410 e. The standard InChI is InChI=1S/C26H37ClF2N2O2/c1-18(2)20(16-23(27)22-11-9-14-30-19(22)3)10-7-8-13-26(28,29)21-12-15-31(17-21)24(32)33-25(4,5)6/h9,11,14,16,21H,7-8,10,12-13,15,17H2,1-6H3/b23-16+. The van der Waals surface area contributed by atoms with E-state index in [1.54, 1.807) is 27.0 Å². The van der Waals surface area contributed by atoms with Crippen LogP contribution in [0.5, 0.6) is 0 Å². The molecule has 1 amide bonds. The number of alkyl halides is 2. The van der Waals surface area contributed by atoms with Gasteiger partial charge in [0.1, 0.15) is 5.60 Å². The number of hydrogen-bond acceptors (Lipinski definition) is 3. The van der Waals surface area contributed by atoms with Gasteiger partial charge in [0.05, 0.1) is 0 Å². The number of carbonyl (C=O) groups is 1. The maximum atomic E-state index is 14.8. The number of unbranched alkanes of at least 4 members (excludes halogenated alkanes) is 1. The molecule has 0 aromatic carbocycles. The van der Waals surface area contributed by atoms with E-state index >= 15 is 0 Å². The molecular formula is C26H37ClF2N2O2. The van der Waals surface area contributed by atoms with E-state index in [1.165, 1.54) is 4.90 Å². The quantitative estimate of drug-likeness (QED) is 0.281. The molecule has 0 N–H and O–H groups in total. The summed E-state index contributed by atoms with van der Waals surface area (Å²) in [5.41, 5.74) is 3.27. The molecule has 4 nitrogen and oxygen atoms in total. The summed E-state index contributed by atoms with van der Waals surface area (Å²) in [4.78, 5) is 17.8. The van der Waals surface area contributed by atoms with Gasteiger partial charge >= 0.3 is 6.09 Å². The van der Waals surface area contributed by atoms with Crippen molar-refractivity contribution in [3.63, 3.8) is 0 Å². The number of carbonyl (C=O) groups excluding carboxylic acids is 1. The van der Waals surface area contributed by atoms with Crippen LogP contribution in [0.3, 0.4) is 0 Å². The molecule has 0 aliphatic carbocycles. The number of likely N-dealkylation sites (tertiary alicyclic amines) is 1. The summed E-state index contributed by atoms with van der Waals surface area (Å²) in [6, 6.07) is 3.77. The fourth-order valence-corrected chi connectivity index (χ4v) is 4.24. The summed E-state index contributed by atoms with van der Waals surface area (Å²) in [5, 5.41) is 0.607. The molecule has 7 heteroatoms. The molecule has 1 unspecified atom stereocenters. The Morgan fingerprint density at radius 1 is 1.30 bits per heavy atom. The second-order valence-corrected chi connectivity index (χ2v) is 10.4. The number of aryl methyl sites for hydroxylation is 1. The van der Waals surface area contributed by atoms with Crippen LogP contribution in [0, 0.1) is 12.8 Å². The van der Waals surface area contributed by atoms with Gasteiger partial charge in [0.2, 0.25) is 0 Å². The van der Waals surface area contributed by atoms with E-state index in [0.717, 1.165) is 22.4 Å². The molecule has 1 aliphatic rings. The summed E-state index contributed by atoms with van der Waals surface area (Å²) in [7, 11) is 0. The second-order valence-electron chi connectivity index (χ2n) is 10.0. The maximum Gasteiger partial charge on any atom is 0.410 e. The van der Waals surface area contributed by atoms with E-state index in [1.807, 2.05) is 39.0 Å². The Morgan fingerprint density at radius 2 is 2.00 bits per heavy atom. The van der Waals surface area contributed by atoms with Crippen LogP contribution in [0.4, 0.5) is 13.6 Å². The summed E-state index contributed by atoms with van der Waals surface area (Å²) >= 11 is 6.53. The molecule has 184 valence electrons. The van der Waals surface area contributed by atoms with E-state index in [2.05, 4.69) is 4.98 Å². The Bertz CT molecular complexity index is 887. The fraction of sp³-hybridized carbons (Fsp3) is 0.615. The highest BCUT2D eigenvalue weighted by Gasteiger charge is 2.44. The van der Waals surface area contributed by atoms with Gasteiger partial charge in [-0.2, -0.15) is 0 Å². The molecule has 2 rings (SSSR count). The number of hydrogen-bond donors (Lipinski definition) is 0. The van der Waals surface area contributed by atoms with E-state index in [-0.39, 0.29) is 13.0 Å². The molecule has 1 aromatic rings. The SMILES string of the molecule is CC(C)=C(/C=C(/Cl)c1cccnc1C)CCCCC(F)(F)C1CCN(C(=O)OC(C)(C)C)C1. The van der Waals surface area contributed by atoms with E-state index in [9.17, 15) is 13.6 Å². The predicted molar refractivity (Wildman–Crippen MR) is 131 cm³/mol. The minimum Gasteiger partial charge on any atom is -0.444 e. The van der Waals surface area contributed by atoms with Crippen LogP contribution in [0.2, 0.25) is 0 Å². The molecule has 0 saturated carbocycles. The van der Waals surface area contributed by atoms with Crippen LogP contribution in [0.15, 0.2) is 35.6 Å². The maximum absolute atomic E-state index is 14.8. The van der Waals surface area contributed by atoms with Gasteiger partial charge in [-0.05, 0) is 84.9 Å². The molecule has 2 heterocycles. The van der Waals surface area contributed by atoms with E-state index < -0.39 is 23.5 Å². The van der Waals surface area contributed by atoms with Crippen molar-refractivity contribution in [2.45, 2.75) is 85.2 Å². The highest BCUT2D eigenvalue weighted by molar-refractivity contribution is 6.49. The Kier molecular flexibility index (Phi) is 9.48. The van der Waals surface area contributed by atoms with Crippen molar-refractivity contribution in [3.05, 3.63) is 46.8 Å². The van der Waals surface area contributed by atoms with Gasteiger partial charge in [0.25, 0.3) is 5.92 Å². The summed E-state index contributed by atoms with van der Waals surface area (Å²) < 4.78 is 35.0. The number of rotatable bonds is 8. The van der Waals surface area contributed by atoms with Gasteiger partial charge in [-0.25, -0.2) is 13.6 Å². The molecule has 1 saturated heterocycles. The monoisotopic (exact) mass is 482 g/mol. The molecule has 1 aromatic heterocycles. The number of amides is 1. The number of nitrogens with zero attached hydrogens (tertiary/aromatic N) is 2. The Balaban J connectivity index is 1.88. The zero-order valence-corrected chi connectivity index (χ0v) is 21.4. The molecule has 0 radical (unpaired) electrons. The zero-order valence-electron chi connectivity index (χ0n) is 20.7. The molecule has 1 aliphatic heterocycles. The van der Waals surface area contributed by atoms with Crippen LogP contribution in [-0.4, -0.2) is 40.6 Å². The van der Waals surface area contributed by atoms with Crippen LogP contribution in [-0.2, 0) is 4.74 Å². The van der Waals surface area contributed by atoms with Gasteiger partial charge in [-0.1, -0.05) is 23.2 Å². The first-order valence-electron chi connectivity index (χ1n) is 11.6. The number of aromatic nitrogens is 1. The molecule has 1 atom stereocenters. The van der Waals surface area contributed by atoms with Gasteiger partial charge in [0.15, 0.2) is 0 Å². The lowest BCUT2D eigenvalue weighted by atomic mass is 9.94. The number of pyridine rings is 1. The lowest BCUT2D eigenvalue weighted by molar-refractivity contribution is -0.0631. The Hall–Kier alpha value is -1.95. The first-order chi connectivity index (χ1) is 15.3. The highest BCUT2D eigenvalue weighted by atomic mass is 35.5. The van der Waals surface area contributed by atoms with Crippen LogP contribution < -0.4 is 0 Å². The first-order valence-corrected chi connectivity index (χ1v) is 12.0. The molecule has 0 bridgehead atoms. The number of allylic oxidation sites excluding steroid dienone is 3. The van der Waals surface area contributed by atoms with Crippen LogP contribution in [0.1, 0.15) is 78.0 Å². The Morgan fingerprint density at radius 3 is 2.61 bits per heavy atom. The predicted octanol–water partition coefficient (Wildman–Crippen LogP) is 7.76. The third kappa shape index (κ3) is 8.40. The topological polar surface area (TPSA) is 42.4 Å². The Labute approximate surface area is 202 Å². The molecular weight excluding hydrogens is 446 g/mol. The fourth-order valence-electron chi connectivity index (χ4n) is 3.91. The highest BCUT2D eigenvalue weighted by Crippen LogP contribution is 2.37. The number of ether oxygens (including phenoxy) is 1. The summed E-state index contributed by atoms with van der Waals surface area (Å²) in [6.45, 7) is 11.6. The van der Waals surface area contributed by atoms with Crippen LogP contribution >= 0.6 is 11.6 Å². The van der Waals surface area contributed by atoms with Crippen LogP contribution in [0.25, 0.3) is 5.03 Å². The van der Waals surface area contributed by atoms with Crippen molar-refractivity contribution in [2.75, 3.05) is 13.1 Å². The average molecular weight is 483 g/mol. The minimum atomic E-state index is -2.80. The van der Waals surface area contributed by atoms with Gasteiger partial charge < -0.3 is 9.64 Å². The lowest BCUT2D eigenvalue weighted by Gasteiger charge is -2.26. The summed E-state index contributed by atoms with van der Waals surface area (Å²) in [5.74, 6) is -3.63. The van der Waals surface area contributed by atoms with Gasteiger partial charge in [-0.15, -0.1) is 0 Å². The third-order valence-electron chi connectivity index (χ3n) is 5.85. The third-order valence-corrected chi connectivity index (χ3v) is 6.16. The summed E-state index contributed by atoms with van der Waals surface area (Å²) in [6.07, 6.45) is 4.99. The second kappa shape index (κ2) is 11.5. The van der Waals surface area contributed by atoms with Crippen molar-refractivity contribution in [1.29, 1.82) is 0 Å². The average Bonchev–Trinajstić information content (AvgIpc) is 3.20. The zero-order chi connectivity index (χ0) is 24.8. The van der Waals surface area contributed by atoms with Crippen molar-refractivity contribution >= 4 is 22.7 Å².